The third-order valence-electron chi connectivity index (χ3n) is 3.86. The number of nitrogens with zero attached hydrogens (tertiary/aromatic N) is 1. The van der Waals surface area contributed by atoms with Crippen molar-refractivity contribution in [3.8, 4) is 0 Å². The quantitative estimate of drug-likeness (QED) is 0.775. The molecule has 1 aliphatic rings. The number of likely N-dealkylation sites (N-methyl/N-ethyl adjacent to an activating group) is 1. The highest BCUT2D eigenvalue weighted by molar-refractivity contribution is 7.91. The van der Waals surface area contributed by atoms with E-state index in [1.807, 2.05) is 7.05 Å². The molecular weight excluding hydrogens is 224 g/mol. The van der Waals surface area contributed by atoms with Crippen molar-refractivity contribution >= 4 is 9.84 Å². The first-order chi connectivity index (χ1) is 7.37. The molecule has 0 radical (unpaired) electrons. The van der Waals surface area contributed by atoms with E-state index < -0.39 is 9.84 Å². The van der Waals surface area contributed by atoms with Gasteiger partial charge in [-0.05, 0) is 26.8 Å². The molecule has 0 aliphatic carbocycles. The van der Waals surface area contributed by atoms with E-state index in [2.05, 4.69) is 18.7 Å². The molecule has 1 rings (SSSR count). The molecule has 1 saturated heterocycles. The van der Waals surface area contributed by atoms with Crippen LogP contribution in [0.25, 0.3) is 0 Å². The Morgan fingerprint density at radius 2 is 2.12 bits per heavy atom. The van der Waals surface area contributed by atoms with E-state index >= 15 is 0 Å². The molecule has 2 unspecified atom stereocenters. The Morgan fingerprint density at radius 3 is 2.50 bits per heavy atom. The fourth-order valence-electron chi connectivity index (χ4n) is 2.56. The van der Waals surface area contributed by atoms with Crippen LogP contribution in [0.15, 0.2) is 0 Å². The number of rotatable bonds is 5. The van der Waals surface area contributed by atoms with E-state index in [0.29, 0.717) is 19.0 Å². The summed E-state index contributed by atoms with van der Waals surface area (Å²) in [5.41, 5.74) is 5.49. The molecule has 96 valence electrons. The van der Waals surface area contributed by atoms with E-state index in [4.69, 9.17) is 5.73 Å². The number of nitrogens with two attached hydrogens (primary N) is 1. The molecule has 0 aromatic rings. The third-order valence-corrected chi connectivity index (χ3v) is 5.67. The lowest BCUT2D eigenvalue weighted by atomic mass is 9.94. The van der Waals surface area contributed by atoms with Gasteiger partial charge in [0, 0.05) is 18.1 Å². The van der Waals surface area contributed by atoms with Gasteiger partial charge in [-0.2, -0.15) is 0 Å². The monoisotopic (exact) mass is 248 g/mol. The van der Waals surface area contributed by atoms with Gasteiger partial charge in [0.15, 0.2) is 9.84 Å². The number of sulfone groups is 1. The normalized spacial score (nSPS) is 30.8. The molecular formula is C11H24N2O2S. The van der Waals surface area contributed by atoms with Crippen LogP contribution in [0, 0.1) is 0 Å². The fourth-order valence-corrected chi connectivity index (χ4v) is 4.68. The van der Waals surface area contributed by atoms with Crippen molar-refractivity contribution in [2.75, 3.05) is 25.1 Å². The highest BCUT2D eigenvalue weighted by Crippen LogP contribution is 2.30. The molecule has 0 saturated carbocycles. The van der Waals surface area contributed by atoms with Crippen LogP contribution in [0.1, 0.15) is 33.1 Å². The van der Waals surface area contributed by atoms with Crippen LogP contribution in [-0.4, -0.2) is 50.0 Å². The van der Waals surface area contributed by atoms with Gasteiger partial charge in [0.1, 0.15) is 0 Å². The second-order valence-electron chi connectivity index (χ2n) is 5.02. The number of hydrogen-bond acceptors (Lipinski definition) is 4. The molecule has 4 nitrogen and oxygen atoms in total. The first-order valence-electron chi connectivity index (χ1n) is 6.00. The van der Waals surface area contributed by atoms with Gasteiger partial charge < -0.3 is 5.73 Å². The average molecular weight is 248 g/mol. The van der Waals surface area contributed by atoms with E-state index in [9.17, 15) is 8.42 Å². The SMILES string of the molecule is CCCC(C)N(C)C1(CN)CCS(=O)(=O)C1. The summed E-state index contributed by atoms with van der Waals surface area (Å²) in [5.74, 6) is 0.508. The molecule has 0 aromatic heterocycles. The zero-order valence-corrected chi connectivity index (χ0v) is 11.4. The van der Waals surface area contributed by atoms with Crippen molar-refractivity contribution in [2.24, 2.45) is 5.73 Å². The molecule has 1 fully saturated rings. The van der Waals surface area contributed by atoms with Crippen molar-refractivity contribution < 1.29 is 8.42 Å². The third kappa shape index (κ3) is 2.76. The summed E-state index contributed by atoms with van der Waals surface area (Å²) in [6.07, 6.45) is 2.87. The Kier molecular flexibility index (Phi) is 4.37. The molecule has 5 heteroatoms. The number of hydrogen-bond donors (Lipinski definition) is 1. The van der Waals surface area contributed by atoms with Gasteiger partial charge in [0.2, 0.25) is 0 Å². The lowest BCUT2D eigenvalue weighted by Gasteiger charge is -2.41. The smallest absolute Gasteiger partial charge is 0.152 e. The van der Waals surface area contributed by atoms with Crippen LogP contribution in [0.3, 0.4) is 0 Å². The fraction of sp³-hybridized carbons (Fsp3) is 1.00. The molecule has 0 spiro atoms. The predicted octanol–water partition coefficient (Wildman–Crippen LogP) is 0.623. The Labute approximate surface area is 99.1 Å². The second-order valence-corrected chi connectivity index (χ2v) is 7.20. The highest BCUT2D eigenvalue weighted by Gasteiger charge is 2.45. The summed E-state index contributed by atoms with van der Waals surface area (Å²) in [6, 6.07) is 0.391. The Bertz CT molecular complexity index is 329. The van der Waals surface area contributed by atoms with Gasteiger partial charge in [0.25, 0.3) is 0 Å². The van der Waals surface area contributed by atoms with Crippen LogP contribution < -0.4 is 5.73 Å². The van der Waals surface area contributed by atoms with E-state index in [0.717, 1.165) is 12.8 Å². The van der Waals surface area contributed by atoms with Crippen LogP contribution in [-0.2, 0) is 9.84 Å². The maximum absolute atomic E-state index is 11.6. The Hall–Kier alpha value is -0.130. The first kappa shape index (κ1) is 13.9. The van der Waals surface area contributed by atoms with Gasteiger partial charge in [-0.1, -0.05) is 13.3 Å². The standard InChI is InChI=1S/C11H24N2O2S/c1-4-5-10(2)13(3)11(8-12)6-7-16(14,15)9-11/h10H,4-9,12H2,1-3H3. The maximum Gasteiger partial charge on any atom is 0.152 e. The minimum Gasteiger partial charge on any atom is -0.329 e. The van der Waals surface area contributed by atoms with Crippen molar-refractivity contribution in [2.45, 2.75) is 44.7 Å². The van der Waals surface area contributed by atoms with Gasteiger partial charge in [-0.3, -0.25) is 4.90 Å². The summed E-state index contributed by atoms with van der Waals surface area (Å²) in [4.78, 5) is 2.18. The zero-order valence-electron chi connectivity index (χ0n) is 10.6. The van der Waals surface area contributed by atoms with Gasteiger partial charge in [0.05, 0.1) is 11.5 Å². The Balaban J connectivity index is 2.82. The average Bonchev–Trinajstić information content (AvgIpc) is 2.55. The molecule has 0 aromatic carbocycles. The molecule has 16 heavy (non-hydrogen) atoms. The topological polar surface area (TPSA) is 63.4 Å². The summed E-state index contributed by atoms with van der Waals surface area (Å²) >= 11 is 0. The summed E-state index contributed by atoms with van der Waals surface area (Å²) in [5, 5.41) is 0. The lowest BCUT2D eigenvalue weighted by molar-refractivity contribution is 0.101. The highest BCUT2D eigenvalue weighted by atomic mass is 32.2. The van der Waals surface area contributed by atoms with Crippen LogP contribution in [0.5, 0.6) is 0 Å². The van der Waals surface area contributed by atoms with Gasteiger partial charge >= 0.3 is 0 Å². The van der Waals surface area contributed by atoms with Crippen molar-refractivity contribution in [1.82, 2.24) is 4.90 Å². The molecule has 2 N–H and O–H groups in total. The molecule has 0 amide bonds. The van der Waals surface area contributed by atoms with E-state index in [-0.39, 0.29) is 17.0 Å². The molecule has 0 bridgehead atoms. The minimum atomic E-state index is -2.88. The van der Waals surface area contributed by atoms with Crippen LogP contribution >= 0.6 is 0 Å². The molecule has 1 heterocycles. The summed E-state index contributed by atoms with van der Waals surface area (Å²) in [6.45, 7) is 4.72. The van der Waals surface area contributed by atoms with Crippen LogP contribution in [0.2, 0.25) is 0 Å². The zero-order chi connectivity index (χ0) is 12.4. The maximum atomic E-state index is 11.6. The lowest BCUT2D eigenvalue weighted by Crippen LogP contribution is -2.56. The van der Waals surface area contributed by atoms with Gasteiger partial charge in [-0.25, -0.2) is 8.42 Å². The van der Waals surface area contributed by atoms with Crippen molar-refractivity contribution in [1.29, 1.82) is 0 Å². The van der Waals surface area contributed by atoms with Crippen molar-refractivity contribution in [3.05, 3.63) is 0 Å². The summed E-state index contributed by atoms with van der Waals surface area (Å²) in [7, 11) is -0.873. The first-order valence-corrected chi connectivity index (χ1v) is 7.82. The largest absolute Gasteiger partial charge is 0.329 e. The second kappa shape index (κ2) is 5.02. The van der Waals surface area contributed by atoms with Crippen molar-refractivity contribution in [3.63, 3.8) is 0 Å². The predicted molar refractivity (Wildman–Crippen MR) is 67.2 cm³/mol. The van der Waals surface area contributed by atoms with Crippen LogP contribution in [0.4, 0.5) is 0 Å². The summed E-state index contributed by atoms with van der Waals surface area (Å²) < 4.78 is 23.2. The molecule has 1 aliphatic heterocycles. The van der Waals surface area contributed by atoms with Gasteiger partial charge in [-0.15, -0.1) is 0 Å². The molecule has 2 atom stereocenters. The Morgan fingerprint density at radius 1 is 1.50 bits per heavy atom. The minimum absolute atomic E-state index is 0.223. The van der Waals surface area contributed by atoms with E-state index in [1.54, 1.807) is 0 Å². The van der Waals surface area contributed by atoms with E-state index in [1.165, 1.54) is 0 Å².